The Hall–Kier alpha value is -3.06. The van der Waals surface area contributed by atoms with Crippen molar-refractivity contribution in [2.45, 2.75) is 51.1 Å². The number of nitrogens with zero attached hydrogens (tertiary/aromatic N) is 1. The summed E-state index contributed by atoms with van der Waals surface area (Å²) in [5.74, 6) is -0.102. The molecule has 0 bridgehead atoms. The number of hydrogen-bond acceptors (Lipinski definition) is 4. The number of fused-ring (bicyclic) bond motifs is 4. The Bertz CT molecular complexity index is 1180. The number of halogens is 1. The number of aromatic nitrogens is 1. The summed E-state index contributed by atoms with van der Waals surface area (Å²) >= 11 is 6.54. The van der Waals surface area contributed by atoms with Crippen LogP contribution in [0.25, 0.3) is 11.0 Å². The van der Waals surface area contributed by atoms with Crippen LogP contribution in [0, 0.1) is 6.92 Å². The molecule has 1 aliphatic carbocycles. The monoisotopic (exact) mass is 438 g/mol. The van der Waals surface area contributed by atoms with E-state index in [1.165, 1.54) is 0 Å². The van der Waals surface area contributed by atoms with Gasteiger partial charge in [-0.15, -0.1) is 0 Å². The first kappa shape index (κ1) is 19.9. The smallest absolute Gasteiger partial charge is 0.319 e. The van der Waals surface area contributed by atoms with Gasteiger partial charge in [0.1, 0.15) is 5.58 Å². The zero-order valence-electron chi connectivity index (χ0n) is 17.2. The zero-order chi connectivity index (χ0) is 21.6. The maximum Gasteiger partial charge on any atom is 0.319 e. The second-order valence-corrected chi connectivity index (χ2v) is 8.76. The van der Waals surface area contributed by atoms with Crippen LogP contribution in [-0.4, -0.2) is 16.9 Å². The van der Waals surface area contributed by atoms with Gasteiger partial charge in [-0.1, -0.05) is 36.9 Å². The highest BCUT2D eigenvalue weighted by Gasteiger charge is 2.43. The van der Waals surface area contributed by atoms with Crippen LogP contribution >= 0.6 is 11.6 Å². The molecule has 160 valence electrons. The van der Waals surface area contributed by atoms with Crippen LogP contribution in [0.15, 0.2) is 34.9 Å². The van der Waals surface area contributed by atoms with Gasteiger partial charge in [0.2, 0.25) is 0 Å². The largest absolute Gasteiger partial charge is 0.450 e. The van der Waals surface area contributed by atoms with E-state index in [0.29, 0.717) is 22.8 Å². The number of anilines is 1. The zero-order valence-corrected chi connectivity index (χ0v) is 17.9. The lowest BCUT2D eigenvalue weighted by Crippen LogP contribution is -2.52. The van der Waals surface area contributed by atoms with Gasteiger partial charge in [-0.3, -0.25) is 9.78 Å². The van der Waals surface area contributed by atoms with Crippen molar-refractivity contribution in [2.75, 3.05) is 5.32 Å². The molecular formula is C23H23ClN4O3. The van der Waals surface area contributed by atoms with Crippen LogP contribution in [0.1, 0.15) is 59.5 Å². The van der Waals surface area contributed by atoms with E-state index >= 15 is 0 Å². The van der Waals surface area contributed by atoms with Gasteiger partial charge in [0, 0.05) is 29.4 Å². The third-order valence-electron chi connectivity index (χ3n) is 6.19. The highest BCUT2D eigenvalue weighted by molar-refractivity contribution is 6.35. The molecule has 7 nitrogen and oxygen atoms in total. The van der Waals surface area contributed by atoms with Crippen LogP contribution in [0.5, 0.6) is 0 Å². The van der Waals surface area contributed by atoms with E-state index in [4.69, 9.17) is 16.0 Å². The molecule has 3 N–H and O–H groups in total. The molecule has 1 spiro atoms. The van der Waals surface area contributed by atoms with E-state index < -0.39 is 5.54 Å². The molecule has 5 rings (SSSR count). The Morgan fingerprint density at radius 2 is 2.06 bits per heavy atom. The van der Waals surface area contributed by atoms with Crippen LogP contribution in [0.2, 0.25) is 5.02 Å². The average molecular weight is 439 g/mol. The van der Waals surface area contributed by atoms with E-state index in [1.54, 1.807) is 18.3 Å². The number of hydrogen-bond donors (Lipinski definition) is 3. The normalized spacial score (nSPS) is 17.2. The maximum atomic E-state index is 12.8. The molecule has 0 unspecified atom stereocenters. The van der Waals surface area contributed by atoms with E-state index in [2.05, 4.69) is 20.9 Å². The fraction of sp³-hybridized carbons (Fsp3) is 0.348. The summed E-state index contributed by atoms with van der Waals surface area (Å²) in [6.45, 7) is 2.27. The summed E-state index contributed by atoms with van der Waals surface area (Å²) in [6.07, 6.45) is 6.51. The number of aryl methyl sites for hydroxylation is 1. The number of benzene rings is 1. The van der Waals surface area contributed by atoms with E-state index in [1.807, 2.05) is 19.1 Å². The fourth-order valence-electron chi connectivity index (χ4n) is 4.67. The Morgan fingerprint density at radius 1 is 1.26 bits per heavy atom. The highest BCUT2D eigenvalue weighted by Crippen LogP contribution is 2.48. The predicted octanol–water partition coefficient (Wildman–Crippen LogP) is 5.01. The third-order valence-corrected chi connectivity index (χ3v) is 6.48. The van der Waals surface area contributed by atoms with E-state index in [0.717, 1.165) is 54.3 Å². The van der Waals surface area contributed by atoms with Crippen molar-refractivity contribution in [3.8, 4) is 0 Å². The van der Waals surface area contributed by atoms with Crippen molar-refractivity contribution >= 4 is 40.2 Å². The lowest BCUT2D eigenvalue weighted by Gasteiger charge is -2.42. The predicted molar refractivity (Wildman–Crippen MR) is 118 cm³/mol. The minimum Gasteiger partial charge on any atom is -0.450 e. The van der Waals surface area contributed by atoms with Crippen LogP contribution in [0.3, 0.4) is 0 Å². The number of rotatable bonds is 3. The molecule has 31 heavy (non-hydrogen) atoms. The first-order valence-electron chi connectivity index (χ1n) is 10.5. The number of pyridine rings is 1. The molecule has 3 amide bonds. The molecule has 3 heterocycles. The minimum absolute atomic E-state index is 0.211. The molecule has 1 fully saturated rings. The summed E-state index contributed by atoms with van der Waals surface area (Å²) in [5, 5.41) is 10.0. The number of urea groups is 1. The number of nitrogens with one attached hydrogen (secondary N) is 3. The number of amides is 3. The van der Waals surface area contributed by atoms with Crippen LogP contribution < -0.4 is 16.0 Å². The molecule has 8 heteroatoms. The number of furan rings is 1. The Morgan fingerprint density at radius 3 is 2.81 bits per heavy atom. The van der Waals surface area contributed by atoms with Gasteiger partial charge in [0.25, 0.3) is 5.91 Å². The second-order valence-electron chi connectivity index (χ2n) is 8.35. The molecule has 2 aromatic heterocycles. The molecule has 1 aromatic carbocycles. The molecule has 2 aliphatic rings. The van der Waals surface area contributed by atoms with Gasteiger partial charge < -0.3 is 20.4 Å². The Kier molecular flexibility index (Phi) is 4.85. The fourth-order valence-corrected chi connectivity index (χ4v) is 4.93. The van der Waals surface area contributed by atoms with Crippen LogP contribution in [0.4, 0.5) is 10.5 Å². The molecular weight excluding hydrogens is 416 g/mol. The molecule has 3 aromatic rings. The summed E-state index contributed by atoms with van der Waals surface area (Å²) < 4.78 is 6.08. The van der Waals surface area contributed by atoms with Crippen molar-refractivity contribution in [3.05, 3.63) is 58.1 Å². The van der Waals surface area contributed by atoms with Gasteiger partial charge in [0.05, 0.1) is 16.2 Å². The molecule has 1 aliphatic heterocycles. The summed E-state index contributed by atoms with van der Waals surface area (Å²) in [5.41, 5.74) is 3.31. The summed E-state index contributed by atoms with van der Waals surface area (Å²) in [7, 11) is 0. The highest BCUT2D eigenvalue weighted by atomic mass is 35.5. The lowest BCUT2D eigenvalue weighted by atomic mass is 9.74. The van der Waals surface area contributed by atoms with Crippen molar-refractivity contribution < 1.29 is 14.0 Å². The Labute approximate surface area is 184 Å². The van der Waals surface area contributed by atoms with Gasteiger partial charge in [-0.2, -0.15) is 0 Å². The van der Waals surface area contributed by atoms with Gasteiger partial charge in [-0.05, 0) is 43.5 Å². The number of carbonyl (C=O) groups excluding carboxylic acids is 2. The lowest BCUT2D eigenvalue weighted by molar-refractivity contribution is 0.0925. The topological polar surface area (TPSA) is 96.3 Å². The summed E-state index contributed by atoms with van der Waals surface area (Å²) in [4.78, 5) is 29.4. The van der Waals surface area contributed by atoms with E-state index in [-0.39, 0.29) is 17.7 Å². The summed E-state index contributed by atoms with van der Waals surface area (Å²) in [6, 6.07) is 7.02. The van der Waals surface area contributed by atoms with Crippen molar-refractivity contribution in [2.24, 2.45) is 0 Å². The Balaban J connectivity index is 1.51. The van der Waals surface area contributed by atoms with Crippen molar-refractivity contribution in [1.82, 2.24) is 15.6 Å². The minimum atomic E-state index is -0.530. The second kappa shape index (κ2) is 7.57. The van der Waals surface area contributed by atoms with Crippen LogP contribution in [-0.2, 0) is 12.1 Å². The third kappa shape index (κ3) is 3.53. The van der Waals surface area contributed by atoms with Crippen molar-refractivity contribution in [1.29, 1.82) is 0 Å². The molecule has 1 saturated carbocycles. The molecule has 0 radical (unpaired) electrons. The maximum absolute atomic E-state index is 12.8. The molecule has 0 saturated heterocycles. The van der Waals surface area contributed by atoms with Gasteiger partial charge in [-0.25, -0.2) is 4.79 Å². The molecule has 0 atom stereocenters. The standard InChI is InChI=1S/C23H23ClN4O3/c1-13-5-6-14(11-25-13)12-26-21(29)17-10-15-9-16(24)19-18(20(15)31-17)23(28-22(30)27-19)7-3-2-4-8-23/h5-6,9-11H,2-4,7-8,12H2,1H3,(H,26,29)(H2,27,28,30). The first-order chi connectivity index (χ1) is 14.9. The first-order valence-corrected chi connectivity index (χ1v) is 10.9. The van der Waals surface area contributed by atoms with E-state index in [9.17, 15) is 9.59 Å². The quantitative estimate of drug-likeness (QED) is 0.535. The van der Waals surface area contributed by atoms with Gasteiger partial charge in [0.15, 0.2) is 5.76 Å². The average Bonchev–Trinajstić information content (AvgIpc) is 3.17. The van der Waals surface area contributed by atoms with Crippen molar-refractivity contribution in [3.63, 3.8) is 0 Å². The SMILES string of the molecule is Cc1ccc(CNC(=O)c2cc3cc(Cl)c4c(c3o2)C2(CCCCC2)NC(=O)N4)cn1. The van der Waals surface area contributed by atoms with Gasteiger partial charge >= 0.3 is 6.03 Å². The number of carbonyl (C=O) groups is 2.